The average molecular weight is 451 g/mol. The Kier molecular flexibility index (Phi) is 7.49. The number of amides is 1. The fourth-order valence-electron chi connectivity index (χ4n) is 3.76. The number of oxazole rings is 1. The van der Waals surface area contributed by atoms with E-state index in [1.807, 2.05) is 24.4 Å². The molecule has 2 N–H and O–H groups in total. The Labute approximate surface area is 191 Å². The van der Waals surface area contributed by atoms with Gasteiger partial charge in [0, 0.05) is 43.8 Å². The van der Waals surface area contributed by atoms with Crippen molar-refractivity contribution in [3.63, 3.8) is 0 Å². The Hall–Kier alpha value is -3.49. The van der Waals surface area contributed by atoms with Crippen molar-refractivity contribution < 1.29 is 18.3 Å². The fourth-order valence-corrected chi connectivity index (χ4v) is 3.76. The lowest BCUT2D eigenvalue weighted by Crippen LogP contribution is -2.27. The number of aromatic nitrogens is 2. The number of aromatic amines is 1. The average Bonchev–Trinajstić information content (AvgIpc) is 3.45. The Morgan fingerprint density at radius 3 is 2.94 bits per heavy atom. The number of hydrogen-bond donors (Lipinski definition) is 2. The van der Waals surface area contributed by atoms with Crippen molar-refractivity contribution in [2.75, 3.05) is 26.8 Å². The van der Waals surface area contributed by atoms with Gasteiger partial charge < -0.3 is 19.5 Å². The van der Waals surface area contributed by atoms with Gasteiger partial charge in [0.15, 0.2) is 5.69 Å². The molecule has 0 saturated heterocycles. The maximum Gasteiger partial charge on any atom is 0.273 e. The summed E-state index contributed by atoms with van der Waals surface area (Å²) in [7, 11) is 1.57. The molecule has 0 aliphatic rings. The molecule has 0 spiro atoms. The van der Waals surface area contributed by atoms with Crippen molar-refractivity contribution >= 4 is 16.8 Å². The smallest absolute Gasteiger partial charge is 0.273 e. The summed E-state index contributed by atoms with van der Waals surface area (Å²) in [4.78, 5) is 22.0. The highest BCUT2D eigenvalue weighted by Gasteiger charge is 2.16. The first-order chi connectivity index (χ1) is 16.1. The first kappa shape index (κ1) is 22.7. The van der Waals surface area contributed by atoms with Crippen LogP contribution in [0.2, 0.25) is 0 Å². The van der Waals surface area contributed by atoms with Crippen molar-refractivity contribution in [2.24, 2.45) is 0 Å². The summed E-state index contributed by atoms with van der Waals surface area (Å²) in [6.07, 6.45) is 4.18. The van der Waals surface area contributed by atoms with E-state index in [1.54, 1.807) is 13.2 Å². The van der Waals surface area contributed by atoms with Crippen LogP contribution in [-0.2, 0) is 24.2 Å². The van der Waals surface area contributed by atoms with Crippen molar-refractivity contribution in [1.29, 1.82) is 0 Å². The maximum absolute atomic E-state index is 13.7. The monoisotopic (exact) mass is 450 g/mol. The number of nitrogens with zero attached hydrogens (tertiary/aromatic N) is 2. The lowest BCUT2D eigenvalue weighted by molar-refractivity contribution is 0.0932. The molecule has 7 nitrogen and oxygen atoms in total. The number of ether oxygens (including phenoxy) is 1. The summed E-state index contributed by atoms with van der Waals surface area (Å²) in [5.74, 6) is -0.144. The minimum Gasteiger partial charge on any atom is -0.447 e. The van der Waals surface area contributed by atoms with Crippen LogP contribution in [0.3, 0.4) is 0 Å². The topological polar surface area (TPSA) is 83.4 Å². The molecular weight excluding hydrogens is 423 g/mol. The SMILES string of the molecule is COCCNC(=O)c1coc(CN(CCc2c[nH]c3ccccc23)Cc2cccc(F)c2)n1. The largest absolute Gasteiger partial charge is 0.447 e. The van der Waals surface area contributed by atoms with E-state index >= 15 is 0 Å². The Balaban J connectivity index is 1.46. The van der Waals surface area contributed by atoms with E-state index in [1.165, 1.54) is 29.3 Å². The molecule has 2 heterocycles. The van der Waals surface area contributed by atoms with E-state index in [0.717, 1.165) is 17.5 Å². The third kappa shape index (κ3) is 6.06. The minimum atomic E-state index is -0.308. The maximum atomic E-state index is 13.7. The number of fused-ring (bicyclic) bond motifs is 1. The van der Waals surface area contributed by atoms with E-state index in [4.69, 9.17) is 9.15 Å². The molecule has 4 aromatic rings. The van der Waals surface area contributed by atoms with E-state index < -0.39 is 0 Å². The number of carbonyl (C=O) groups is 1. The summed E-state index contributed by atoms with van der Waals surface area (Å²) in [5, 5.41) is 3.92. The molecule has 0 aliphatic carbocycles. The van der Waals surface area contributed by atoms with Crippen LogP contribution >= 0.6 is 0 Å². The van der Waals surface area contributed by atoms with Gasteiger partial charge >= 0.3 is 0 Å². The highest BCUT2D eigenvalue weighted by molar-refractivity contribution is 5.91. The van der Waals surface area contributed by atoms with Crippen LogP contribution in [0, 0.1) is 5.82 Å². The van der Waals surface area contributed by atoms with Crippen LogP contribution in [0.15, 0.2) is 65.4 Å². The molecule has 1 amide bonds. The summed E-state index contributed by atoms with van der Waals surface area (Å²) in [5.41, 5.74) is 3.39. The predicted octanol–water partition coefficient (Wildman–Crippen LogP) is 3.92. The molecule has 4 rings (SSSR count). The quantitative estimate of drug-likeness (QED) is 0.339. The molecule has 2 aromatic heterocycles. The van der Waals surface area contributed by atoms with Crippen molar-refractivity contribution in [3.8, 4) is 0 Å². The number of benzene rings is 2. The normalized spacial score (nSPS) is 11.4. The molecule has 0 atom stereocenters. The first-order valence-electron chi connectivity index (χ1n) is 10.9. The van der Waals surface area contributed by atoms with Crippen LogP contribution in [0.4, 0.5) is 4.39 Å². The molecular formula is C25H27FN4O3. The highest BCUT2D eigenvalue weighted by atomic mass is 19.1. The number of nitrogens with one attached hydrogen (secondary N) is 2. The van der Waals surface area contributed by atoms with Crippen molar-refractivity contribution in [1.82, 2.24) is 20.2 Å². The molecule has 172 valence electrons. The zero-order chi connectivity index (χ0) is 23.0. The third-order valence-corrected chi connectivity index (χ3v) is 5.40. The van der Waals surface area contributed by atoms with Gasteiger partial charge in [-0.1, -0.05) is 30.3 Å². The Morgan fingerprint density at radius 2 is 2.09 bits per heavy atom. The van der Waals surface area contributed by atoms with Gasteiger partial charge in [0.05, 0.1) is 13.2 Å². The van der Waals surface area contributed by atoms with Crippen LogP contribution in [0.5, 0.6) is 0 Å². The zero-order valence-corrected chi connectivity index (χ0v) is 18.5. The van der Waals surface area contributed by atoms with Crippen LogP contribution in [0.25, 0.3) is 10.9 Å². The molecule has 0 bridgehead atoms. The Bertz CT molecular complexity index is 1200. The zero-order valence-electron chi connectivity index (χ0n) is 18.5. The predicted molar refractivity (Wildman–Crippen MR) is 123 cm³/mol. The van der Waals surface area contributed by atoms with Gasteiger partial charge in [-0.25, -0.2) is 9.37 Å². The lowest BCUT2D eigenvalue weighted by Gasteiger charge is -2.21. The molecule has 0 radical (unpaired) electrons. The second-order valence-corrected chi connectivity index (χ2v) is 7.83. The summed E-state index contributed by atoms with van der Waals surface area (Å²) in [6.45, 7) is 2.44. The first-order valence-corrected chi connectivity index (χ1v) is 10.9. The molecule has 33 heavy (non-hydrogen) atoms. The van der Waals surface area contributed by atoms with Gasteiger partial charge in [-0.15, -0.1) is 0 Å². The van der Waals surface area contributed by atoms with E-state index in [-0.39, 0.29) is 17.4 Å². The fraction of sp³-hybridized carbons (Fsp3) is 0.280. The van der Waals surface area contributed by atoms with Crippen molar-refractivity contribution in [3.05, 3.63) is 89.5 Å². The van der Waals surface area contributed by atoms with Gasteiger partial charge in [-0.05, 0) is 35.7 Å². The molecule has 0 unspecified atom stereocenters. The molecule has 0 fully saturated rings. The standard InChI is InChI=1S/C25H27FN4O3/c1-32-12-10-27-25(31)23-17-33-24(29-23)16-30(15-18-5-4-6-20(26)13-18)11-9-19-14-28-22-8-3-2-7-21(19)22/h2-8,13-14,17,28H,9-12,15-16H2,1H3,(H,27,31). The number of methoxy groups -OCH3 is 1. The van der Waals surface area contributed by atoms with E-state index in [9.17, 15) is 9.18 Å². The second-order valence-electron chi connectivity index (χ2n) is 7.83. The molecule has 2 aromatic carbocycles. The highest BCUT2D eigenvalue weighted by Crippen LogP contribution is 2.19. The number of carbonyl (C=O) groups excluding carboxylic acids is 1. The van der Waals surface area contributed by atoms with E-state index in [0.29, 0.717) is 38.7 Å². The number of H-pyrrole nitrogens is 1. The Morgan fingerprint density at radius 1 is 1.21 bits per heavy atom. The molecule has 0 aliphatic heterocycles. The number of rotatable bonds is 11. The lowest BCUT2D eigenvalue weighted by atomic mass is 10.1. The third-order valence-electron chi connectivity index (χ3n) is 5.40. The minimum absolute atomic E-state index is 0.225. The van der Waals surface area contributed by atoms with Gasteiger partial charge in [0.2, 0.25) is 5.89 Å². The van der Waals surface area contributed by atoms with Gasteiger partial charge in [0.25, 0.3) is 5.91 Å². The van der Waals surface area contributed by atoms with Crippen LogP contribution in [-0.4, -0.2) is 47.6 Å². The number of hydrogen-bond acceptors (Lipinski definition) is 5. The molecule has 8 heteroatoms. The summed E-state index contributed by atoms with van der Waals surface area (Å²) >= 11 is 0. The molecule has 0 saturated carbocycles. The van der Waals surface area contributed by atoms with Gasteiger partial charge in [0.1, 0.15) is 12.1 Å². The van der Waals surface area contributed by atoms with Crippen LogP contribution < -0.4 is 5.32 Å². The van der Waals surface area contributed by atoms with E-state index in [2.05, 4.69) is 32.3 Å². The summed E-state index contributed by atoms with van der Waals surface area (Å²) < 4.78 is 24.2. The van der Waals surface area contributed by atoms with Crippen molar-refractivity contribution in [2.45, 2.75) is 19.5 Å². The number of para-hydroxylation sites is 1. The number of halogens is 1. The summed E-state index contributed by atoms with van der Waals surface area (Å²) in [6, 6.07) is 14.7. The van der Waals surface area contributed by atoms with Crippen LogP contribution in [0.1, 0.15) is 27.5 Å². The van der Waals surface area contributed by atoms with Gasteiger partial charge in [-0.3, -0.25) is 9.69 Å². The van der Waals surface area contributed by atoms with Gasteiger partial charge in [-0.2, -0.15) is 0 Å². The second kappa shape index (κ2) is 10.9.